The second-order valence-electron chi connectivity index (χ2n) is 11.8. The number of hydrogen-bond donors (Lipinski definition) is 0. The number of fused-ring (bicyclic) bond motifs is 5. The Hall–Kier alpha value is -0.860. The molecule has 5 aliphatic rings. The minimum Gasteiger partial charge on any atom is -0.462 e. The SMILES string of the molecule is C[C@]12CCC(=O)C[C@H]1CC[C@@H]1[C@@H]2CC[C@]2(C)[C@H](OC(=O)C3CCCCC3)CC[C@@H]12. The van der Waals surface area contributed by atoms with Gasteiger partial charge in [0.2, 0.25) is 0 Å². The van der Waals surface area contributed by atoms with Gasteiger partial charge in [-0.1, -0.05) is 33.1 Å². The topological polar surface area (TPSA) is 43.4 Å². The Balaban J connectivity index is 1.30. The molecule has 5 fully saturated rings. The van der Waals surface area contributed by atoms with Crippen molar-refractivity contribution < 1.29 is 14.3 Å². The van der Waals surface area contributed by atoms with Crippen molar-refractivity contribution >= 4 is 11.8 Å². The zero-order valence-electron chi connectivity index (χ0n) is 18.6. The van der Waals surface area contributed by atoms with E-state index < -0.39 is 0 Å². The van der Waals surface area contributed by atoms with Crippen LogP contribution in [0.3, 0.4) is 0 Å². The third kappa shape index (κ3) is 3.21. The van der Waals surface area contributed by atoms with E-state index in [0.717, 1.165) is 50.4 Å². The summed E-state index contributed by atoms with van der Waals surface area (Å²) in [6, 6.07) is 0. The summed E-state index contributed by atoms with van der Waals surface area (Å²) < 4.78 is 6.27. The molecule has 5 saturated carbocycles. The highest BCUT2D eigenvalue weighted by Gasteiger charge is 2.61. The molecule has 7 atom stereocenters. The molecule has 29 heavy (non-hydrogen) atoms. The van der Waals surface area contributed by atoms with Crippen molar-refractivity contribution in [1.29, 1.82) is 0 Å². The number of ketones is 1. The summed E-state index contributed by atoms with van der Waals surface area (Å²) in [5.74, 6) is 3.66. The third-order valence-electron chi connectivity index (χ3n) is 10.6. The van der Waals surface area contributed by atoms with E-state index in [2.05, 4.69) is 13.8 Å². The van der Waals surface area contributed by atoms with Crippen molar-refractivity contribution in [2.75, 3.05) is 0 Å². The molecule has 5 rings (SSSR count). The molecule has 3 nitrogen and oxygen atoms in total. The first-order chi connectivity index (χ1) is 13.9. The predicted octanol–water partition coefficient (Wildman–Crippen LogP) is 6.09. The van der Waals surface area contributed by atoms with Crippen LogP contribution in [0.1, 0.15) is 104 Å². The summed E-state index contributed by atoms with van der Waals surface area (Å²) in [4.78, 5) is 25.0. The van der Waals surface area contributed by atoms with Gasteiger partial charge in [-0.25, -0.2) is 0 Å². The summed E-state index contributed by atoms with van der Waals surface area (Å²) in [6.45, 7) is 4.96. The monoisotopic (exact) mass is 400 g/mol. The molecule has 0 unspecified atom stereocenters. The third-order valence-corrected chi connectivity index (χ3v) is 10.6. The number of carbonyl (C=O) groups is 2. The number of rotatable bonds is 2. The van der Waals surface area contributed by atoms with Gasteiger partial charge in [-0.2, -0.15) is 0 Å². The van der Waals surface area contributed by atoms with Gasteiger partial charge < -0.3 is 4.74 Å². The number of carbonyl (C=O) groups excluding carboxylic acids is 2. The molecule has 0 aromatic heterocycles. The summed E-state index contributed by atoms with van der Waals surface area (Å²) in [5.41, 5.74) is 0.550. The van der Waals surface area contributed by atoms with Crippen LogP contribution in [0, 0.1) is 40.4 Å². The molecule has 0 aromatic carbocycles. The van der Waals surface area contributed by atoms with E-state index in [9.17, 15) is 9.59 Å². The fourth-order valence-corrected chi connectivity index (χ4v) is 8.77. The van der Waals surface area contributed by atoms with Crippen LogP contribution in [0.5, 0.6) is 0 Å². The fraction of sp³-hybridized carbons (Fsp3) is 0.923. The maximum atomic E-state index is 12.9. The summed E-state index contributed by atoms with van der Waals surface area (Å²) >= 11 is 0. The van der Waals surface area contributed by atoms with Crippen molar-refractivity contribution in [3.05, 3.63) is 0 Å². The smallest absolute Gasteiger partial charge is 0.309 e. The zero-order chi connectivity index (χ0) is 20.2. The number of Topliss-reactive ketones (excluding diaryl/α,β-unsaturated/α-hetero) is 1. The maximum absolute atomic E-state index is 12.9. The van der Waals surface area contributed by atoms with E-state index >= 15 is 0 Å². The lowest BCUT2D eigenvalue weighted by molar-refractivity contribution is -0.169. The van der Waals surface area contributed by atoms with Gasteiger partial charge in [0.15, 0.2) is 0 Å². The van der Waals surface area contributed by atoms with Gasteiger partial charge in [0, 0.05) is 18.3 Å². The van der Waals surface area contributed by atoms with Gasteiger partial charge in [0.1, 0.15) is 11.9 Å². The summed E-state index contributed by atoms with van der Waals surface area (Å²) in [5, 5.41) is 0. The van der Waals surface area contributed by atoms with E-state index in [-0.39, 0.29) is 23.4 Å². The summed E-state index contributed by atoms with van der Waals surface area (Å²) in [6.07, 6.45) is 15.9. The Labute approximate surface area is 176 Å². The average molecular weight is 401 g/mol. The van der Waals surface area contributed by atoms with Gasteiger partial charge in [-0.15, -0.1) is 0 Å². The Morgan fingerprint density at radius 1 is 0.862 bits per heavy atom. The first kappa shape index (κ1) is 20.1. The number of ether oxygens (including phenoxy) is 1. The largest absolute Gasteiger partial charge is 0.462 e. The molecule has 0 bridgehead atoms. The van der Waals surface area contributed by atoms with Gasteiger partial charge in [-0.05, 0) is 86.9 Å². The van der Waals surface area contributed by atoms with Crippen molar-refractivity contribution in [2.24, 2.45) is 40.4 Å². The van der Waals surface area contributed by atoms with E-state index in [1.807, 2.05) is 0 Å². The number of hydrogen-bond acceptors (Lipinski definition) is 3. The molecule has 0 aromatic rings. The highest BCUT2D eigenvalue weighted by molar-refractivity contribution is 5.79. The van der Waals surface area contributed by atoms with Crippen LogP contribution < -0.4 is 0 Å². The number of esters is 1. The highest BCUT2D eigenvalue weighted by atomic mass is 16.5. The predicted molar refractivity (Wildman–Crippen MR) is 113 cm³/mol. The molecule has 0 saturated heterocycles. The fourth-order valence-electron chi connectivity index (χ4n) is 8.77. The van der Waals surface area contributed by atoms with Gasteiger partial charge in [0.25, 0.3) is 0 Å². The van der Waals surface area contributed by atoms with Crippen LogP contribution in [0.4, 0.5) is 0 Å². The molecule has 5 aliphatic carbocycles. The molecule has 3 heteroatoms. The van der Waals surface area contributed by atoms with E-state index in [0.29, 0.717) is 23.0 Å². The highest BCUT2D eigenvalue weighted by Crippen LogP contribution is 2.66. The Bertz CT molecular complexity index is 665. The first-order valence-corrected chi connectivity index (χ1v) is 12.6. The molecule has 162 valence electrons. The molecular formula is C26H40O3. The molecule has 0 spiro atoms. The van der Waals surface area contributed by atoms with E-state index in [1.165, 1.54) is 51.4 Å². The second-order valence-corrected chi connectivity index (χ2v) is 11.8. The van der Waals surface area contributed by atoms with Crippen LogP contribution in [0.2, 0.25) is 0 Å². The molecule has 0 heterocycles. The summed E-state index contributed by atoms with van der Waals surface area (Å²) in [7, 11) is 0. The van der Waals surface area contributed by atoms with Gasteiger partial charge in [0.05, 0.1) is 5.92 Å². The molecule has 0 aliphatic heterocycles. The lowest BCUT2D eigenvalue weighted by atomic mass is 9.45. The van der Waals surface area contributed by atoms with Crippen molar-refractivity contribution in [3.63, 3.8) is 0 Å². The minimum atomic E-state index is 0.111. The van der Waals surface area contributed by atoms with Gasteiger partial charge in [-0.3, -0.25) is 9.59 Å². The standard InChI is InChI=1S/C26H40O3/c1-25-14-12-19(27)16-18(25)8-9-20-21-10-11-23(26(21,2)15-13-22(20)25)29-24(28)17-6-4-3-5-7-17/h17-18,20-23H,3-16H2,1-2H3/t18-,20+,21+,22+,23-,25+,26+/m1/s1. The Morgan fingerprint density at radius 3 is 2.41 bits per heavy atom. The van der Waals surface area contributed by atoms with Crippen molar-refractivity contribution in [3.8, 4) is 0 Å². The van der Waals surface area contributed by atoms with Crippen LogP contribution >= 0.6 is 0 Å². The zero-order valence-corrected chi connectivity index (χ0v) is 18.6. The van der Waals surface area contributed by atoms with E-state index in [4.69, 9.17) is 4.74 Å². The maximum Gasteiger partial charge on any atom is 0.309 e. The van der Waals surface area contributed by atoms with Crippen LogP contribution in [-0.4, -0.2) is 17.9 Å². The van der Waals surface area contributed by atoms with Crippen molar-refractivity contribution in [1.82, 2.24) is 0 Å². The van der Waals surface area contributed by atoms with Crippen molar-refractivity contribution in [2.45, 2.75) is 110 Å². The Morgan fingerprint density at radius 2 is 1.62 bits per heavy atom. The average Bonchev–Trinajstić information content (AvgIpc) is 3.05. The lowest BCUT2D eigenvalue weighted by Gasteiger charge is -2.60. The molecule has 0 amide bonds. The first-order valence-electron chi connectivity index (χ1n) is 12.6. The minimum absolute atomic E-state index is 0.111. The van der Waals surface area contributed by atoms with Crippen LogP contribution in [0.25, 0.3) is 0 Å². The van der Waals surface area contributed by atoms with E-state index in [1.54, 1.807) is 0 Å². The van der Waals surface area contributed by atoms with Crippen LogP contribution in [-0.2, 0) is 14.3 Å². The normalized spacial score (nSPS) is 47.8. The Kier molecular flexibility index (Phi) is 5.10. The van der Waals surface area contributed by atoms with Gasteiger partial charge >= 0.3 is 5.97 Å². The quantitative estimate of drug-likeness (QED) is 0.527. The molecular weight excluding hydrogens is 360 g/mol. The van der Waals surface area contributed by atoms with Crippen LogP contribution in [0.15, 0.2) is 0 Å². The lowest BCUT2D eigenvalue weighted by Crippen LogP contribution is -2.54. The molecule has 0 radical (unpaired) electrons. The second kappa shape index (κ2) is 7.38. The molecule has 0 N–H and O–H groups in total.